The Kier molecular flexibility index (Phi) is 3.30. The zero-order valence-electron chi connectivity index (χ0n) is 9.68. The van der Waals surface area contributed by atoms with Crippen molar-refractivity contribution in [2.75, 3.05) is 7.11 Å². The molecule has 0 spiro atoms. The molecule has 0 heterocycles. The molecule has 0 unspecified atom stereocenters. The summed E-state index contributed by atoms with van der Waals surface area (Å²) in [7, 11) is 1.78. The van der Waals surface area contributed by atoms with E-state index in [0.29, 0.717) is 0 Å². The van der Waals surface area contributed by atoms with E-state index in [4.69, 9.17) is 4.74 Å². The van der Waals surface area contributed by atoms with Gasteiger partial charge in [0.15, 0.2) is 0 Å². The van der Waals surface area contributed by atoms with Gasteiger partial charge in [-0.1, -0.05) is 25.5 Å². The highest BCUT2D eigenvalue weighted by Crippen LogP contribution is 2.36. The second-order valence-electron chi connectivity index (χ2n) is 4.41. The normalized spacial score (nSPS) is 15.3. The third-order valence-electron chi connectivity index (χ3n) is 3.02. The van der Waals surface area contributed by atoms with E-state index >= 15 is 0 Å². The van der Waals surface area contributed by atoms with Gasteiger partial charge in [0.05, 0.1) is 7.11 Å². The standard InChI is InChI=1S/C14H19O/c1-3-5-12-6-4-7-13(14(12)15-2)10-11-8-9-11/h4,6,11H,3,5,8-10H2,1-2H3. The van der Waals surface area contributed by atoms with E-state index in [-0.39, 0.29) is 0 Å². The minimum Gasteiger partial charge on any atom is -0.496 e. The molecule has 0 amide bonds. The van der Waals surface area contributed by atoms with Crippen molar-refractivity contribution >= 4 is 0 Å². The lowest BCUT2D eigenvalue weighted by Crippen LogP contribution is -1.98. The van der Waals surface area contributed by atoms with E-state index in [1.165, 1.54) is 30.4 Å². The molecule has 81 valence electrons. The molecule has 15 heavy (non-hydrogen) atoms. The molecule has 0 aromatic heterocycles. The van der Waals surface area contributed by atoms with Gasteiger partial charge >= 0.3 is 0 Å². The van der Waals surface area contributed by atoms with Crippen LogP contribution in [0.1, 0.15) is 37.3 Å². The number of hydrogen-bond donors (Lipinski definition) is 0. The predicted octanol–water partition coefficient (Wildman–Crippen LogP) is 3.40. The van der Waals surface area contributed by atoms with Crippen LogP contribution in [0.25, 0.3) is 0 Å². The Bertz CT molecular complexity index is 326. The Morgan fingerprint density at radius 2 is 2.27 bits per heavy atom. The van der Waals surface area contributed by atoms with Crippen LogP contribution in [0.2, 0.25) is 0 Å². The van der Waals surface area contributed by atoms with Crippen molar-refractivity contribution in [3.8, 4) is 5.75 Å². The topological polar surface area (TPSA) is 9.23 Å². The first-order valence-electron chi connectivity index (χ1n) is 5.91. The van der Waals surface area contributed by atoms with Gasteiger partial charge < -0.3 is 4.74 Å². The molecular weight excluding hydrogens is 184 g/mol. The van der Waals surface area contributed by atoms with E-state index in [1.54, 1.807) is 7.11 Å². The quantitative estimate of drug-likeness (QED) is 0.712. The zero-order valence-corrected chi connectivity index (χ0v) is 9.68. The van der Waals surface area contributed by atoms with Crippen LogP contribution in [-0.2, 0) is 12.8 Å². The second kappa shape index (κ2) is 4.69. The molecule has 0 N–H and O–H groups in total. The molecule has 1 nitrogen and oxygen atoms in total. The average molecular weight is 203 g/mol. The summed E-state index contributed by atoms with van der Waals surface area (Å²) >= 11 is 0. The minimum atomic E-state index is 0.895. The average Bonchev–Trinajstić information content (AvgIpc) is 3.03. The highest BCUT2D eigenvalue weighted by atomic mass is 16.5. The van der Waals surface area contributed by atoms with Gasteiger partial charge in [-0.3, -0.25) is 0 Å². The Morgan fingerprint density at radius 3 is 2.87 bits per heavy atom. The number of hydrogen-bond acceptors (Lipinski definition) is 1. The lowest BCUT2D eigenvalue weighted by Gasteiger charge is -2.12. The number of methoxy groups -OCH3 is 1. The fraction of sp³-hybridized carbons (Fsp3) is 0.571. The third kappa shape index (κ3) is 2.53. The lowest BCUT2D eigenvalue weighted by atomic mass is 10.0. The summed E-state index contributed by atoms with van der Waals surface area (Å²) in [6.45, 7) is 2.21. The molecule has 1 heteroatoms. The SMILES string of the molecule is CCCc1cc[c]c(CC2CC2)c1OC. The monoisotopic (exact) mass is 203 g/mol. The summed E-state index contributed by atoms with van der Waals surface area (Å²) in [5.74, 6) is 1.98. The molecule has 2 rings (SSSR count). The molecule has 1 radical (unpaired) electrons. The van der Waals surface area contributed by atoms with Gasteiger partial charge in [0, 0.05) is 5.56 Å². The van der Waals surface area contributed by atoms with Crippen molar-refractivity contribution in [2.45, 2.75) is 39.0 Å². The molecule has 0 bridgehead atoms. The van der Waals surface area contributed by atoms with Crippen LogP contribution in [0, 0.1) is 12.0 Å². The van der Waals surface area contributed by atoms with E-state index in [0.717, 1.165) is 24.5 Å². The smallest absolute Gasteiger partial charge is 0.125 e. The first kappa shape index (κ1) is 10.5. The second-order valence-corrected chi connectivity index (χ2v) is 4.41. The van der Waals surface area contributed by atoms with Crippen molar-refractivity contribution in [3.63, 3.8) is 0 Å². The predicted molar refractivity (Wildman–Crippen MR) is 62.3 cm³/mol. The number of rotatable bonds is 5. The van der Waals surface area contributed by atoms with Crippen LogP contribution in [0.4, 0.5) is 0 Å². The fourth-order valence-corrected chi connectivity index (χ4v) is 2.06. The van der Waals surface area contributed by atoms with Gasteiger partial charge in [0.1, 0.15) is 5.75 Å². The van der Waals surface area contributed by atoms with Gasteiger partial charge in [-0.15, -0.1) is 0 Å². The highest BCUT2D eigenvalue weighted by molar-refractivity contribution is 5.41. The summed E-state index contributed by atoms with van der Waals surface area (Å²) < 4.78 is 5.53. The van der Waals surface area contributed by atoms with Crippen LogP contribution in [-0.4, -0.2) is 7.11 Å². The molecule has 1 aromatic rings. The van der Waals surface area contributed by atoms with Gasteiger partial charge in [-0.25, -0.2) is 0 Å². The number of benzene rings is 1. The number of ether oxygens (including phenoxy) is 1. The molecule has 1 aliphatic rings. The molecule has 1 aromatic carbocycles. The Hall–Kier alpha value is -0.980. The van der Waals surface area contributed by atoms with Gasteiger partial charge in [0.25, 0.3) is 0 Å². The van der Waals surface area contributed by atoms with Crippen LogP contribution >= 0.6 is 0 Å². The van der Waals surface area contributed by atoms with Crippen LogP contribution in [0.3, 0.4) is 0 Å². The lowest BCUT2D eigenvalue weighted by molar-refractivity contribution is 0.403. The third-order valence-corrected chi connectivity index (χ3v) is 3.02. The van der Waals surface area contributed by atoms with Crippen molar-refractivity contribution < 1.29 is 4.74 Å². The summed E-state index contributed by atoms with van der Waals surface area (Å²) in [4.78, 5) is 0. The fourth-order valence-electron chi connectivity index (χ4n) is 2.06. The van der Waals surface area contributed by atoms with Crippen LogP contribution in [0.15, 0.2) is 12.1 Å². The first-order chi connectivity index (χ1) is 7.35. The maximum absolute atomic E-state index is 5.53. The summed E-state index contributed by atoms with van der Waals surface area (Å²) in [6.07, 6.45) is 6.20. The van der Waals surface area contributed by atoms with E-state index < -0.39 is 0 Å². The van der Waals surface area contributed by atoms with E-state index in [1.807, 2.05) is 6.07 Å². The number of aryl methyl sites for hydroxylation is 1. The molecule has 1 fully saturated rings. The molecule has 0 saturated heterocycles. The highest BCUT2D eigenvalue weighted by Gasteiger charge is 2.23. The molecule has 0 aliphatic heterocycles. The summed E-state index contributed by atoms with van der Waals surface area (Å²) in [5, 5.41) is 0. The maximum atomic E-state index is 5.53. The zero-order chi connectivity index (χ0) is 10.7. The Balaban J connectivity index is 2.22. The van der Waals surface area contributed by atoms with E-state index in [2.05, 4.69) is 19.1 Å². The van der Waals surface area contributed by atoms with Crippen molar-refractivity contribution in [1.82, 2.24) is 0 Å². The van der Waals surface area contributed by atoms with Gasteiger partial charge in [-0.2, -0.15) is 0 Å². The van der Waals surface area contributed by atoms with Crippen molar-refractivity contribution in [2.24, 2.45) is 5.92 Å². The van der Waals surface area contributed by atoms with Crippen LogP contribution in [0.5, 0.6) is 5.75 Å². The van der Waals surface area contributed by atoms with E-state index in [9.17, 15) is 0 Å². The molecule has 1 aliphatic carbocycles. The van der Waals surface area contributed by atoms with Crippen molar-refractivity contribution in [1.29, 1.82) is 0 Å². The van der Waals surface area contributed by atoms with Crippen molar-refractivity contribution in [3.05, 3.63) is 29.3 Å². The Labute approximate surface area is 92.5 Å². The minimum absolute atomic E-state index is 0.895. The van der Waals surface area contributed by atoms with Crippen LogP contribution < -0.4 is 4.74 Å². The molecule has 0 atom stereocenters. The summed E-state index contributed by atoms with van der Waals surface area (Å²) in [6, 6.07) is 7.52. The molecular formula is C14H19O. The molecule has 1 saturated carbocycles. The first-order valence-corrected chi connectivity index (χ1v) is 5.91. The Morgan fingerprint density at radius 1 is 1.47 bits per heavy atom. The van der Waals surface area contributed by atoms with Gasteiger partial charge in [0.2, 0.25) is 0 Å². The maximum Gasteiger partial charge on any atom is 0.125 e. The summed E-state index contributed by atoms with van der Waals surface area (Å²) in [5.41, 5.74) is 2.63. The van der Waals surface area contributed by atoms with Gasteiger partial charge in [-0.05, 0) is 43.2 Å². The largest absolute Gasteiger partial charge is 0.496 e.